The van der Waals surface area contributed by atoms with Crippen molar-refractivity contribution in [1.29, 1.82) is 0 Å². The van der Waals surface area contributed by atoms with Gasteiger partial charge in [-0.1, -0.05) is 30.3 Å². The predicted octanol–water partition coefficient (Wildman–Crippen LogP) is 3.50. The van der Waals surface area contributed by atoms with Crippen molar-refractivity contribution < 1.29 is 19.4 Å². The van der Waals surface area contributed by atoms with E-state index in [1.54, 1.807) is 7.11 Å². The second kappa shape index (κ2) is 8.03. The summed E-state index contributed by atoms with van der Waals surface area (Å²) in [4.78, 5) is 13.2. The van der Waals surface area contributed by atoms with Gasteiger partial charge >= 0.3 is 5.97 Å². The average molecular weight is 341 g/mol. The standard InChI is InChI=1S/C20H23NO4/c1-24-17-8-4-7-15(12-17)18-9-5-11-21(18)13-16-6-2-3-10-19(16)25-14-20(22)23/h2-4,6-8,10,12,18H,5,9,11,13-14H2,1H3,(H,22,23)/t18-/m1/s1. The van der Waals surface area contributed by atoms with Crippen molar-refractivity contribution in [2.75, 3.05) is 20.3 Å². The molecule has 1 aliphatic heterocycles. The number of hydrogen-bond acceptors (Lipinski definition) is 4. The van der Waals surface area contributed by atoms with Crippen LogP contribution in [-0.4, -0.2) is 36.2 Å². The number of para-hydroxylation sites is 1. The number of nitrogens with zero attached hydrogens (tertiary/aromatic N) is 1. The average Bonchev–Trinajstić information content (AvgIpc) is 3.09. The third-order valence-electron chi connectivity index (χ3n) is 4.54. The molecule has 5 heteroatoms. The zero-order valence-corrected chi connectivity index (χ0v) is 14.4. The quantitative estimate of drug-likeness (QED) is 0.835. The van der Waals surface area contributed by atoms with Crippen LogP contribution in [0.1, 0.15) is 30.0 Å². The number of carboxylic acids is 1. The van der Waals surface area contributed by atoms with Gasteiger partial charge in [0, 0.05) is 18.2 Å². The van der Waals surface area contributed by atoms with Crippen molar-refractivity contribution in [2.24, 2.45) is 0 Å². The summed E-state index contributed by atoms with van der Waals surface area (Å²) in [6.45, 7) is 1.42. The summed E-state index contributed by atoms with van der Waals surface area (Å²) in [5.41, 5.74) is 2.26. The SMILES string of the molecule is COc1cccc([C@H]2CCCN2Cc2ccccc2OCC(=O)O)c1. The van der Waals surface area contributed by atoms with Crippen LogP contribution < -0.4 is 9.47 Å². The van der Waals surface area contributed by atoms with Crippen molar-refractivity contribution >= 4 is 5.97 Å². The number of hydrogen-bond donors (Lipinski definition) is 1. The molecule has 2 aromatic rings. The van der Waals surface area contributed by atoms with E-state index in [1.807, 2.05) is 36.4 Å². The van der Waals surface area contributed by atoms with Gasteiger partial charge in [-0.3, -0.25) is 4.90 Å². The maximum absolute atomic E-state index is 10.8. The number of likely N-dealkylation sites (tertiary alicyclic amines) is 1. The molecular weight excluding hydrogens is 318 g/mol. The van der Waals surface area contributed by atoms with Gasteiger partial charge < -0.3 is 14.6 Å². The highest BCUT2D eigenvalue weighted by molar-refractivity contribution is 5.68. The second-order valence-electron chi connectivity index (χ2n) is 6.20. The van der Waals surface area contributed by atoms with Crippen molar-refractivity contribution in [2.45, 2.75) is 25.4 Å². The third-order valence-corrected chi connectivity index (χ3v) is 4.54. The number of carbonyl (C=O) groups is 1. The molecule has 0 radical (unpaired) electrons. The first-order valence-electron chi connectivity index (χ1n) is 8.48. The first-order valence-corrected chi connectivity index (χ1v) is 8.48. The fourth-order valence-electron chi connectivity index (χ4n) is 3.38. The Morgan fingerprint density at radius 2 is 2.08 bits per heavy atom. The van der Waals surface area contributed by atoms with Crippen LogP contribution in [0.5, 0.6) is 11.5 Å². The maximum atomic E-state index is 10.8. The normalized spacial score (nSPS) is 17.4. The number of carboxylic acid groups (broad SMARTS) is 1. The van der Waals surface area contributed by atoms with Gasteiger partial charge in [-0.2, -0.15) is 0 Å². The smallest absolute Gasteiger partial charge is 0.341 e. The Hall–Kier alpha value is -2.53. The van der Waals surface area contributed by atoms with Crippen molar-refractivity contribution in [3.05, 3.63) is 59.7 Å². The van der Waals surface area contributed by atoms with Gasteiger partial charge in [0.05, 0.1) is 7.11 Å². The molecule has 1 aliphatic rings. The molecule has 2 aromatic carbocycles. The fourth-order valence-corrected chi connectivity index (χ4v) is 3.38. The lowest BCUT2D eigenvalue weighted by molar-refractivity contribution is -0.139. The molecule has 3 rings (SSSR count). The van der Waals surface area contributed by atoms with Gasteiger partial charge in [0.25, 0.3) is 0 Å². The molecule has 0 saturated carbocycles. The molecule has 1 N–H and O–H groups in total. The molecule has 0 spiro atoms. The lowest BCUT2D eigenvalue weighted by Gasteiger charge is -2.26. The molecular formula is C20H23NO4. The highest BCUT2D eigenvalue weighted by Crippen LogP contribution is 2.35. The highest BCUT2D eigenvalue weighted by Gasteiger charge is 2.27. The van der Waals surface area contributed by atoms with E-state index in [1.165, 1.54) is 5.56 Å². The van der Waals surface area contributed by atoms with Crippen LogP contribution in [0.3, 0.4) is 0 Å². The Labute approximate surface area is 147 Å². The van der Waals surface area contributed by atoms with E-state index in [2.05, 4.69) is 17.0 Å². The number of benzene rings is 2. The van der Waals surface area contributed by atoms with Crippen molar-refractivity contribution in [1.82, 2.24) is 4.90 Å². The third kappa shape index (κ3) is 4.31. The van der Waals surface area contributed by atoms with E-state index in [4.69, 9.17) is 14.6 Å². The van der Waals surface area contributed by atoms with Crippen LogP contribution in [0.25, 0.3) is 0 Å². The van der Waals surface area contributed by atoms with E-state index in [0.29, 0.717) is 11.8 Å². The summed E-state index contributed by atoms with van der Waals surface area (Å²) in [7, 11) is 1.68. The minimum atomic E-state index is -0.967. The van der Waals surface area contributed by atoms with Gasteiger partial charge in [0.2, 0.25) is 0 Å². The zero-order chi connectivity index (χ0) is 17.6. The van der Waals surface area contributed by atoms with E-state index < -0.39 is 5.97 Å². The summed E-state index contributed by atoms with van der Waals surface area (Å²) in [5, 5.41) is 8.84. The van der Waals surface area contributed by atoms with E-state index in [9.17, 15) is 4.79 Å². The predicted molar refractivity (Wildman–Crippen MR) is 95.0 cm³/mol. The van der Waals surface area contributed by atoms with Crippen molar-refractivity contribution in [3.63, 3.8) is 0 Å². The van der Waals surface area contributed by atoms with Crippen LogP contribution in [-0.2, 0) is 11.3 Å². The van der Waals surface area contributed by atoms with Crippen LogP contribution >= 0.6 is 0 Å². The fraction of sp³-hybridized carbons (Fsp3) is 0.350. The molecule has 25 heavy (non-hydrogen) atoms. The maximum Gasteiger partial charge on any atom is 0.341 e. The summed E-state index contributed by atoms with van der Waals surface area (Å²) in [6.07, 6.45) is 2.24. The highest BCUT2D eigenvalue weighted by atomic mass is 16.5. The van der Waals surface area contributed by atoms with E-state index >= 15 is 0 Å². The van der Waals surface area contributed by atoms with Gasteiger partial charge in [-0.15, -0.1) is 0 Å². The molecule has 1 heterocycles. The molecule has 1 saturated heterocycles. The summed E-state index contributed by atoms with van der Waals surface area (Å²) in [5.74, 6) is 0.543. The second-order valence-corrected chi connectivity index (χ2v) is 6.20. The number of rotatable bonds is 7. The molecule has 0 amide bonds. The molecule has 1 fully saturated rings. The molecule has 132 valence electrons. The van der Waals surface area contributed by atoms with Gasteiger partial charge in [-0.05, 0) is 43.1 Å². The van der Waals surface area contributed by atoms with Gasteiger partial charge in [0.1, 0.15) is 11.5 Å². The van der Waals surface area contributed by atoms with Crippen LogP contribution in [0.15, 0.2) is 48.5 Å². The molecule has 0 aromatic heterocycles. The van der Waals surface area contributed by atoms with Gasteiger partial charge in [-0.25, -0.2) is 4.79 Å². The van der Waals surface area contributed by atoms with E-state index in [0.717, 1.165) is 37.2 Å². The number of ether oxygens (including phenoxy) is 2. The minimum absolute atomic E-state index is 0.323. The first-order chi connectivity index (χ1) is 12.2. The molecule has 5 nitrogen and oxygen atoms in total. The Kier molecular flexibility index (Phi) is 5.56. The number of methoxy groups -OCH3 is 1. The van der Waals surface area contributed by atoms with Crippen LogP contribution in [0.2, 0.25) is 0 Å². The lowest BCUT2D eigenvalue weighted by atomic mass is 10.0. The minimum Gasteiger partial charge on any atom is -0.497 e. The summed E-state index contributed by atoms with van der Waals surface area (Å²) >= 11 is 0. The molecule has 0 unspecified atom stereocenters. The monoisotopic (exact) mass is 341 g/mol. The Morgan fingerprint density at radius 3 is 2.88 bits per heavy atom. The lowest BCUT2D eigenvalue weighted by Crippen LogP contribution is -2.23. The van der Waals surface area contributed by atoms with Gasteiger partial charge in [0.15, 0.2) is 6.61 Å². The topological polar surface area (TPSA) is 59.0 Å². The Balaban J connectivity index is 1.76. The Bertz CT molecular complexity index is 731. The molecule has 0 aliphatic carbocycles. The first kappa shape index (κ1) is 17.3. The largest absolute Gasteiger partial charge is 0.497 e. The Morgan fingerprint density at radius 1 is 1.24 bits per heavy atom. The van der Waals surface area contributed by atoms with Crippen molar-refractivity contribution in [3.8, 4) is 11.5 Å². The number of aliphatic carboxylic acids is 1. The summed E-state index contributed by atoms with van der Waals surface area (Å²) in [6, 6.07) is 16.2. The van der Waals surface area contributed by atoms with Crippen LogP contribution in [0, 0.1) is 0 Å². The van der Waals surface area contributed by atoms with E-state index in [-0.39, 0.29) is 6.61 Å². The molecule has 0 bridgehead atoms. The zero-order valence-electron chi connectivity index (χ0n) is 14.4. The molecule has 1 atom stereocenters. The van der Waals surface area contributed by atoms with Crippen LogP contribution in [0.4, 0.5) is 0 Å². The summed E-state index contributed by atoms with van der Waals surface area (Å²) < 4.78 is 10.8.